The van der Waals surface area contributed by atoms with Gasteiger partial charge in [0.05, 0.1) is 0 Å². The van der Waals surface area contributed by atoms with E-state index in [1.165, 1.54) is 0 Å². The van der Waals surface area contributed by atoms with Gasteiger partial charge in [-0.15, -0.1) is 0 Å². The van der Waals surface area contributed by atoms with Gasteiger partial charge in [-0.05, 0) is 19.1 Å². The van der Waals surface area contributed by atoms with E-state index in [4.69, 9.17) is 0 Å². The third kappa shape index (κ3) is 2.38. The summed E-state index contributed by atoms with van der Waals surface area (Å²) in [7, 11) is 0. The molecule has 15 heavy (non-hydrogen) atoms. The summed E-state index contributed by atoms with van der Waals surface area (Å²) >= 11 is 1.14. The van der Waals surface area contributed by atoms with Crippen LogP contribution in [0.25, 0.3) is 0 Å². The Bertz CT molecular complexity index is 510. The summed E-state index contributed by atoms with van der Waals surface area (Å²) in [6, 6.07) is 3.57. The van der Waals surface area contributed by atoms with Crippen LogP contribution in [0.3, 0.4) is 0 Å². The summed E-state index contributed by atoms with van der Waals surface area (Å²) in [5, 5.41) is 4.70. The highest BCUT2D eigenvalue weighted by atomic mass is 32.1. The van der Waals surface area contributed by atoms with Crippen LogP contribution in [0.2, 0.25) is 0 Å². The maximum Gasteiger partial charge on any atom is 0.275 e. The Hall–Kier alpha value is -1.75. The van der Waals surface area contributed by atoms with Gasteiger partial charge in [0.25, 0.3) is 4.74 Å². The molecule has 0 amide bonds. The first kappa shape index (κ1) is 9.79. The second-order valence-corrected chi connectivity index (χ2v) is 3.83. The highest BCUT2D eigenvalue weighted by Crippen LogP contribution is 2.10. The average Bonchev–Trinajstić information content (AvgIpc) is 2.25. The van der Waals surface area contributed by atoms with Gasteiger partial charge in [-0.3, -0.25) is 9.78 Å². The largest absolute Gasteiger partial charge is 0.336 e. The van der Waals surface area contributed by atoms with Gasteiger partial charge >= 0.3 is 0 Å². The van der Waals surface area contributed by atoms with Crippen molar-refractivity contribution in [3.63, 3.8) is 0 Å². The third-order valence-electron chi connectivity index (χ3n) is 1.76. The van der Waals surface area contributed by atoms with E-state index in [0.29, 0.717) is 5.82 Å². The first-order chi connectivity index (χ1) is 7.25. The molecule has 4 nitrogen and oxygen atoms in total. The van der Waals surface area contributed by atoms with E-state index in [0.717, 1.165) is 22.7 Å². The lowest BCUT2D eigenvalue weighted by Gasteiger charge is -2.03. The molecular weight excluding hydrogens is 210 g/mol. The summed E-state index contributed by atoms with van der Waals surface area (Å²) in [6.07, 6.45) is 3.32. The van der Waals surface area contributed by atoms with Gasteiger partial charge in [0, 0.05) is 29.2 Å². The van der Waals surface area contributed by atoms with Gasteiger partial charge in [-0.25, -0.2) is 4.98 Å². The number of nitrogens with zero attached hydrogens (tertiary/aromatic N) is 2. The van der Waals surface area contributed by atoms with Gasteiger partial charge in [0.15, 0.2) is 5.82 Å². The normalized spacial score (nSPS) is 9.93. The van der Waals surface area contributed by atoms with Crippen LogP contribution < -0.4 is 10.1 Å². The molecule has 5 heteroatoms. The van der Waals surface area contributed by atoms with Crippen molar-refractivity contribution in [2.24, 2.45) is 0 Å². The van der Waals surface area contributed by atoms with Crippen LogP contribution >= 0.6 is 11.3 Å². The molecule has 76 valence electrons. The van der Waals surface area contributed by atoms with Crippen molar-refractivity contribution in [1.82, 2.24) is 9.97 Å². The summed E-state index contributed by atoms with van der Waals surface area (Å²) < 4.78 is -0.0718. The fourth-order valence-corrected chi connectivity index (χ4v) is 1.63. The molecule has 2 aromatic heterocycles. The number of pyridine rings is 1. The smallest absolute Gasteiger partial charge is 0.275 e. The highest BCUT2D eigenvalue weighted by Gasteiger charge is 2.01. The molecule has 0 bridgehead atoms. The second-order valence-electron chi connectivity index (χ2n) is 2.99. The Balaban J connectivity index is 2.32. The standard InChI is InChI=1S/C10H9N3OS/c1-7-6-15-10(14)9(12-7)13-8-2-4-11-5-3-8/h2-6H,1H3,(H,11,12,13). The molecule has 0 radical (unpaired) electrons. The average molecular weight is 219 g/mol. The van der Waals surface area contributed by atoms with E-state index < -0.39 is 0 Å². The molecule has 0 aliphatic carbocycles. The number of hydrogen-bond acceptors (Lipinski definition) is 5. The van der Waals surface area contributed by atoms with Gasteiger partial charge in [0.2, 0.25) is 0 Å². The first-order valence-corrected chi connectivity index (χ1v) is 5.27. The monoisotopic (exact) mass is 219 g/mol. The Labute approximate surface area is 90.7 Å². The highest BCUT2D eigenvalue weighted by molar-refractivity contribution is 7.07. The topological polar surface area (TPSA) is 54.9 Å². The maximum absolute atomic E-state index is 11.5. The third-order valence-corrected chi connectivity index (χ3v) is 2.63. The number of aromatic nitrogens is 2. The van der Waals surface area contributed by atoms with Crippen molar-refractivity contribution < 1.29 is 0 Å². The lowest BCUT2D eigenvalue weighted by Crippen LogP contribution is -2.07. The van der Waals surface area contributed by atoms with Crippen LogP contribution in [0.5, 0.6) is 0 Å². The molecule has 1 N–H and O–H groups in total. The van der Waals surface area contributed by atoms with Gasteiger partial charge in [-0.2, -0.15) is 0 Å². The lowest BCUT2D eigenvalue weighted by atomic mass is 10.4. The Kier molecular flexibility index (Phi) is 2.73. The second kappa shape index (κ2) is 4.18. The number of hydrogen-bond donors (Lipinski definition) is 1. The molecule has 0 saturated heterocycles. The quantitative estimate of drug-likeness (QED) is 0.838. The summed E-state index contributed by atoms with van der Waals surface area (Å²) in [5.41, 5.74) is 1.64. The van der Waals surface area contributed by atoms with Crippen molar-refractivity contribution >= 4 is 22.8 Å². The minimum Gasteiger partial charge on any atom is -0.336 e. The number of nitrogens with one attached hydrogen (secondary N) is 1. The molecule has 0 spiro atoms. The molecular formula is C10H9N3OS. The number of anilines is 2. The molecule has 0 aromatic carbocycles. The molecule has 2 aromatic rings. The predicted molar refractivity (Wildman–Crippen MR) is 60.6 cm³/mol. The van der Waals surface area contributed by atoms with E-state index >= 15 is 0 Å². The zero-order chi connectivity index (χ0) is 10.7. The van der Waals surface area contributed by atoms with Crippen molar-refractivity contribution in [2.45, 2.75) is 6.92 Å². The number of aryl methyl sites for hydroxylation is 1. The van der Waals surface area contributed by atoms with Crippen molar-refractivity contribution in [2.75, 3.05) is 5.32 Å². The fraction of sp³-hybridized carbons (Fsp3) is 0.100. The molecule has 0 aliphatic heterocycles. The van der Waals surface area contributed by atoms with Crippen LogP contribution in [0, 0.1) is 6.92 Å². The van der Waals surface area contributed by atoms with Gasteiger partial charge in [0.1, 0.15) is 0 Å². The van der Waals surface area contributed by atoms with E-state index in [1.807, 2.05) is 6.92 Å². The lowest BCUT2D eigenvalue weighted by molar-refractivity contribution is 1.21. The molecule has 0 saturated carbocycles. The van der Waals surface area contributed by atoms with Crippen molar-refractivity contribution in [3.05, 3.63) is 45.1 Å². The summed E-state index contributed by atoms with van der Waals surface area (Å²) in [6.45, 7) is 1.85. The fourth-order valence-electron chi connectivity index (χ4n) is 1.09. The number of rotatable bonds is 2. The van der Waals surface area contributed by atoms with Crippen LogP contribution in [-0.4, -0.2) is 9.97 Å². The molecule has 0 unspecified atom stereocenters. The summed E-state index contributed by atoms with van der Waals surface area (Å²) in [5.74, 6) is 0.367. The van der Waals surface area contributed by atoms with Crippen LogP contribution in [0.15, 0.2) is 34.7 Å². The zero-order valence-electron chi connectivity index (χ0n) is 8.10. The van der Waals surface area contributed by atoms with E-state index in [9.17, 15) is 4.79 Å². The SMILES string of the molecule is Cc1csc(=O)c(Nc2ccncc2)n1. The molecule has 0 fully saturated rings. The molecule has 0 aliphatic rings. The summed E-state index contributed by atoms with van der Waals surface area (Å²) in [4.78, 5) is 19.5. The van der Waals surface area contributed by atoms with E-state index in [2.05, 4.69) is 15.3 Å². The Morgan fingerprint density at radius 3 is 2.80 bits per heavy atom. The zero-order valence-corrected chi connectivity index (χ0v) is 8.91. The van der Waals surface area contributed by atoms with Crippen LogP contribution in [0.4, 0.5) is 11.5 Å². The van der Waals surface area contributed by atoms with Crippen LogP contribution in [0.1, 0.15) is 5.69 Å². The van der Waals surface area contributed by atoms with Crippen molar-refractivity contribution in [3.8, 4) is 0 Å². The van der Waals surface area contributed by atoms with Crippen molar-refractivity contribution in [1.29, 1.82) is 0 Å². The molecule has 2 heterocycles. The minimum absolute atomic E-state index is 0.0718. The molecule has 2 rings (SSSR count). The van der Waals surface area contributed by atoms with Gasteiger partial charge in [-0.1, -0.05) is 11.3 Å². The van der Waals surface area contributed by atoms with E-state index in [1.54, 1.807) is 29.9 Å². The Morgan fingerprint density at radius 2 is 2.07 bits per heavy atom. The molecule has 0 atom stereocenters. The van der Waals surface area contributed by atoms with Crippen LogP contribution in [-0.2, 0) is 0 Å². The van der Waals surface area contributed by atoms with E-state index in [-0.39, 0.29) is 4.74 Å². The predicted octanol–water partition coefficient (Wildman–Crippen LogP) is 1.95. The van der Waals surface area contributed by atoms with Gasteiger partial charge < -0.3 is 5.32 Å². The maximum atomic E-state index is 11.5. The Morgan fingerprint density at radius 1 is 1.33 bits per heavy atom. The first-order valence-electron chi connectivity index (χ1n) is 4.39. The minimum atomic E-state index is -0.0718.